The molecule has 0 unspecified atom stereocenters. The molecule has 1 heterocycles. The summed E-state index contributed by atoms with van der Waals surface area (Å²) >= 11 is 0. The summed E-state index contributed by atoms with van der Waals surface area (Å²) in [5.41, 5.74) is 5.31. The second-order valence-electron chi connectivity index (χ2n) is 3.69. The van der Waals surface area contributed by atoms with Gasteiger partial charge in [0, 0.05) is 13.6 Å². The summed E-state index contributed by atoms with van der Waals surface area (Å²) in [5, 5.41) is 6.06. The first-order chi connectivity index (χ1) is 7.50. The van der Waals surface area contributed by atoms with Gasteiger partial charge in [-0.1, -0.05) is 0 Å². The topological polar surface area (TPSA) is 97.1 Å². The van der Waals surface area contributed by atoms with Crippen LogP contribution in [0.15, 0.2) is 0 Å². The molecule has 0 radical (unpaired) electrons. The Labute approximate surface area is 94.0 Å². The van der Waals surface area contributed by atoms with Crippen molar-refractivity contribution < 1.29 is 9.53 Å². The van der Waals surface area contributed by atoms with E-state index in [0.29, 0.717) is 13.2 Å². The van der Waals surface area contributed by atoms with Crippen molar-refractivity contribution in [2.24, 2.45) is 0 Å². The lowest BCUT2D eigenvalue weighted by Gasteiger charge is -2.16. The third-order valence-electron chi connectivity index (χ3n) is 1.93. The number of rotatable bonds is 5. The minimum Gasteiger partial charge on any atom is -0.377 e. The normalized spacial score (nSPS) is 10.8. The van der Waals surface area contributed by atoms with E-state index in [-0.39, 0.29) is 23.8 Å². The van der Waals surface area contributed by atoms with Gasteiger partial charge in [0.25, 0.3) is 5.91 Å². The quantitative estimate of drug-likeness (QED) is 0.731. The Bertz CT molecular complexity index is 349. The summed E-state index contributed by atoms with van der Waals surface area (Å²) in [6.07, 6.45) is 0.157. The standard InChI is InChI=1S/C9H17N5O2/c1-6(2)16-5-4-14(3)8(15)7-11-9(10)13-12-7/h6H,4-5H2,1-3H3,(H3,10,11,12,13). The number of anilines is 1. The molecule has 0 aromatic carbocycles. The molecule has 1 aromatic rings. The smallest absolute Gasteiger partial charge is 0.291 e. The highest BCUT2D eigenvalue weighted by atomic mass is 16.5. The van der Waals surface area contributed by atoms with Crippen LogP contribution in [0.4, 0.5) is 5.95 Å². The number of nitrogens with two attached hydrogens (primary N) is 1. The van der Waals surface area contributed by atoms with Crippen LogP contribution in [0.1, 0.15) is 24.5 Å². The van der Waals surface area contributed by atoms with E-state index >= 15 is 0 Å². The second-order valence-corrected chi connectivity index (χ2v) is 3.69. The molecule has 90 valence electrons. The van der Waals surface area contributed by atoms with Crippen LogP contribution >= 0.6 is 0 Å². The zero-order valence-electron chi connectivity index (χ0n) is 9.73. The van der Waals surface area contributed by atoms with Crippen LogP contribution in [0.2, 0.25) is 0 Å². The number of carbonyl (C=O) groups is 1. The van der Waals surface area contributed by atoms with Crippen molar-refractivity contribution in [2.45, 2.75) is 20.0 Å². The fraction of sp³-hybridized carbons (Fsp3) is 0.667. The zero-order chi connectivity index (χ0) is 12.1. The van der Waals surface area contributed by atoms with Crippen molar-refractivity contribution in [3.8, 4) is 0 Å². The number of nitrogens with one attached hydrogen (secondary N) is 1. The molecule has 0 bridgehead atoms. The van der Waals surface area contributed by atoms with E-state index in [1.807, 2.05) is 13.8 Å². The minimum atomic E-state index is -0.253. The lowest BCUT2D eigenvalue weighted by Crippen LogP contribution is -2.31. The third-order valence-corrected chi connectivity index (χ3v) is 1.93. The van der Waals surface area contributed by atoms with Crippen molar-refractivity contribution in [2.75, 3.05) is 25.9 Å². The largest absolute Gasteiger partial charge is 0.377 e. The van der Waals surface area contributed by atoms with Gasteiger partial charge in [0.05, 0.1) is 12.7 Å². The average molecular weight is 227 g/mol. The van der Waals surface area contributed by atoms with Crippen LogP contribution in [0.3, 0.4) is 0 Å². The van der Waals surface area contributed by atoms with Gasteiger partial charge in [0.15, 0.2) is 0 Å². The molecule has 1 amide bonds. The number of ether oxygens (including phenoxy) is 1. The molecule has 0 atom stereocenters. The monoisotopic (exact) mass is 227 g/mol. The number of nitrogen functional groups attached to an aromatic ring is 1. The third kappa shape index (κ3) is 3.50. The molecular formula is C9H17N5O2. The molecule has 0 aliphatic carbocycles. The molecule has 0 saturated heterocycles. The number of amides is 1. The number of aromatic nitrogens is 3. The Balaban J connectivity index is 2.42. The number of nitrogens with zero attached hydrogens (tertiary/aromatic N) is 3. The molecule has 0 fully saturated rings. The highest BCUT2D eigenvalue weighted by Gasteiger charge is 2.15. The Morgan fingerprint density at radius 1 is 1.62 bits per heavy atom. The van der Waals surface area contributed by atoms with Crippen LogP contribution in [-0.4, -0.2) is 52.3 Å². The summed E-state index contributed by atoms with van der Waals surface area (Å²) in [7, 11) is 1.67. The molecule has 0 aliphatic rings. The lowest BCUT2D eigenvalue weighted by molar-refractivity contribution is 0.0526. The summed E-state index contributed by atoms with van der Waals surface area (Å²) in [4.78, 5) is 17.0. The molecule has 0 saturated carbocycles. The molecular weight excluding hydrogens is 210 g/mol. The zero-order valence-corrected chi connectivity index (χ0v) is 9.73. The van der Waals surface area contributed by atoms with E-state index in [0.717, 1.165) is 0 Å². The minimum absolute atomic E-state index is 0.0650. The maximum atomic E-state index is 11.7. The van der Waals surface area contributed by atoms with Gasteiger partial charge in [-0.2, -0.15) is 4.98 Å². The van der Waals surface area contributed by atoms with Gasteiger partial charge in [0.1, 0.15) is 0 Å². The van der Waals surface area contributed by atoms with Gasteiger partial charge in [0.2, 0.25) is 11.8 Å². The fourth-order valence-corrected chi connectivity index (χ4v) is 1.08. The van der Waals surface area contributed by atoms with Crippen molar-refractivity contribution in [1.29, 1.82) is 0 Å². The van der Waals surface area contributed by atoms with E-state index in [2.05, 4.69) is 15.2 Å². The van der Waals surface area contributed by atoms with Gasteiger partial charge < -0.3 is 15.4 Å². The summed E-state index contributed by atoms with van der Waals surface area (Å²) in [5.74, 6) is -0.0451. The molecule has 3 N–H and O–H groups in total. The van der Waals surface area contributed by atoms with Crippen molar-refractivity contribution in [3.63, 3.8) is 0 Å². The Hall–Kier alpha value is -1.63. The molecule has 16 heavy (non-hydrogen) atoms. The highest BCUT2D eigenvalue weighted by molar-refractivity contribution is 5.90. The van der Waals surface area contributed by atoms with Crippen LogP contribution in [0.5, 0.6) is 0 Å². The van der Waals surface area contributed by atoms with Gasteiger partial charge in [-0.15, -0.1) is 5.10 Å². The fourth-order valence-electron chi connectivity index (χ4n) is 1.08. The van der Waals surface area contributed by atoms with Crippen LogP contribution < -0.4 is 5.73 Å². The second kappa shape index (κ2) is 5.45. The first kappa shape index (κ1) is 12.4. The maximum absolute atomic E-state index is 11.7. The molecule has 1 rings (SSSR count). The number of hydrogen-bond acceptors (Lipinski definition) is 5. The summed E-state index contributed by atoms with van der Waals surface area (Å²) < 4.78 is 5.34. The molecule has 0 aliphatic heterocycles. The summed E-state index contributed by atoms with van der Waals surface area (Å²) in [6, 6.07) is 0. The van der Waals surface area contributed by atoms with Crippen molar-refractivity contribution in [1.82, 2.24) is 20.1 Å². The Morgan fingerprint density at radius 3 is 2.81 bits per heavy atom. The molecule has 7 nitrogen and oxygen atoms in total. The molecule has 1 aromatic heterocycles. The van der Waals surface area contributed by atoms with E-state index in [4.69, 9.17) is 10.5 Å². The van der Waals surface area contributed by atoms with E-state index < -0.39 is 0 Å². The highest BCUT2D eigenvalue weighted by Crippen LogP contribution is 1.98. The molecule has 7 heteroatoms. The predicted octanol–water partition coefficient (Wildman–Crippen LogP) is -0.116. The average Bonchev–Trinajstić information content (AvgIpc) is 2.63. The van der Waals surface area contributed by atoms with Crippen LogP contribution in [0.25, 0.3) is 0 Å². The van der Waals surface area contributed by atoms with Crippen molar-refractivity contribution >= 4 is 11.9 Å². The first-order valence-corrected chi connectivity index (χ1v) is 5.05. The Kier molecular flexibility index (Phi) is 4.24. The van der Waals surface area contributed by atoms with E-state index in [1.54, 1.807) is 7.05 Å². The van der Waals surface area contributed by atoms with Gasteiger partial charge >= 0.3 is 0 Å². The molecule has 0 spiro atoms. The summed E-state index contributed by atoms with van der Waals surface area (Å²) in [6.45, 7) is 4.87. The SMILES string of the molecule is CC(C)OCCN(C)C(=O)c1nc(N)n[nH]1. The van der Waals surface area contributed by atoms with E-state index in [1.165, 1.54) is 4.90 Å². The van der Waals surface area contributed by atoms with Gasteiger partial charge in [-0.05, 0) is 13.8 Å². The number of H-pyrrole nitrogens is 1. The van der Waals surface area contributed by atoms with Gasteiger partial charge in [-0.25, -0.2) is 0 Å². The van der Waals surface area contributed by atoms with Crippen LogP contribution in [-0.2, 0) is 4.74 Å². The lowest BCUT2D eigenvalue weighted by atomic mass is 10.4. The number of aromatic amines is 1. The van der Waals surface area contributed by atoms with E-state index in [9.17, 15) is 4.79 Å². The Morgan fingerprint density at radius 2 is 2.31 bits per heavy atom. The van der Waals surface area contributed by atoms with Gasteiger partial charge in [-0.3, -0.25) is 9.89 Å². The van der Waals surface area contributed by atoms with Crippen molar-refractivity contribution in [3.05, 3.63) is 5.82 Å². The maximum Gasteiger partial charge on any atom is 0.291 e. The van der Waals surface area contributed by atoms with Crippen LogP contribution in [0, 0.1) is 0 Å². The first-order valence-electron chi connectivity index (χ1n) is 5.05. The number of carbonyl (C=O) groups excluding carboxylic acids is 1. The number of likely N-dealkylation sites (N-methyl/N-ethyl adjacent to an activating group) is 1. The predicted molar refractivity (Wildman–Crippen MR) is 58.8 cm³/mol. The number of hydrogen-bond donors (Lipinski definition) is 2.